The molecule has 7 nitrogen and oxygen atoms in total. The van der Waals surface area contributed by atoms with E-state index in [1.165, 1.54) is 24.9 Å². The Morgan fingerprint density at radius 3 is 2.63 bits per heavy atom. The first-order valence-corrected chi connectivity index (χ1v) is 8.81. The number of methoxy groups -OCH3 is 1. The Balaban J connectivity index is 1.61. The molecule has 2 N–H and O–H groups in total. The van der Waals surface area contributed by atoms with Crippen LogP contribution >= 0.6 is 0 Å². The van der Waals surface area contributed by atoms with E-state index in [1.807, 2.05) is 18.2 Å². The third kappa shape index (κ3) is 6.62. The van der Waals surface area contributed by atoms with Crippen LogP contribution in [-0.2, 0) is 16.0 Å². The average molecular weight is 372 g/mol. The van der Waals surface area contributed by atoms with Crippen LogP contribution in [-0.4, -0.2) is 42.2 Å². The summed E-state index contributed by atoms with van der Waals surface area (Å²) < 4.78 is 10.0. The lowest BCUT2D eigenvalue weighted by Gasteiger charge is -2.09. The van der Waals surface area contributed by atoms with Crippen LogP contribution in [0.1, 0.15) is 35.3 Å². The van der Waals surface area contributed by atoms with E-state index >= 15 is 0 Å². The highest BCUT2D eigenvalue weighted by atomic mass is 16.5. The molecule has 144 valence electrons. The van der Waals surface area contributed by atoms with Gasteiger partial charge in [0.1, 0.15) is 6.54 Å². The number of nitrogens with zero attached hydrogens (tertiary/aromatic N) is 1. The van der Waals surface area contributed by atoms with E-state index in [0.29, 0.717) is 6.61 Å². The molecule has 0 bridgehead atoms. The summed E-state index contributed by atoms with van der Waals surface area (Å²) in [6.45, 7) is 0.0212. The van der Waals surface area contributed by atoms with Gasteiger partial charge in [0, 0.05) is 12.3 Å². The first-order chi connectivity index (χ1) is 13.1. The van der Waals surface area contributed by atoms with Crippen molar-refractivity contribution < 1.29 is 24.2 Å². The number of esters is 1. The highest BCUT2D eigenvalue weighted by Crippen LogP contribution is 2.27. The van der Waals surface area contributed by atoms with E-state index < -0.39 is 11.9 Å². The number of nitrogens with one attached hydrogen (secondary N) is 1. The Hall–Kier alpha value is -3.09. The van der Waals surface area contributed by atoms with E-state index in [-0.39, 0.29) is 23.7 Å². The second-order valence-electron chi connectivity index (χ2n) is 5.91. The zero-order valence-corrected chi connectivity index (χ0v) is 15.3. The highest BCUT2D eigenvalue weighted by Gasteiger charge is 2.17. The lowest BCUT2D eigenvalue weighted by molar-refractivity contribution is -0.142. The van der Waals surface area contributed by atoms with Crippen LogP contribution in [0.2, 0.25) is 0 Å². The maximum atomic E-state index is 12.0. The van der Waals surface area contributed by atoms with Gasteiger partial charge >= 0.3 is 5.97 Å². The molecule has 1 aromatic heterocycles. The minimum absolute atomic E-state index is 0.133. The van der Waals surface area contributed by atoms with Gasteiger partial charge in [0.05, 0.1) is 13.7 Å². The highest BCUT2D eigenvalue weighted by molar-refractivity contribution is 5.97. The molecule has 0 atom stereocenters. The number of benzene rings is 1. The number of ether oxygens (including phenoxy) is 2. The minimum Gasteiger partial charge on any atom is -0.503 e. The van der Waals surface area contributed by atoms with Crippen molar-refractivity contribution in [1.82, 2.24) is 10.3 Å². The molecule has 0 aliphatic rings. The fraction of sp³-hybridized carbons (Fsp3) is 0.350. The lowest BCUT2D eigenvalue weighted by atomic mass is 10.1. The number of hydrogen-bond donors (Lipinski definition) is 2. The SMILES string of the molecule is COc1ccnc(C(=O)NCC(=O)OCCCCCc2ccccc2)c1O. The summed E-state index contributed by atoms with van der Waals surface area (Å²) in [4.78, 5) is 27.5. The number of carbonyl (C=O) groups excluding carboxylic acids is 2. The molecule has 0 spiro atoms. The van der Waals surface area contributed by atoms with E-state index in [1.54, 1.807) is 0 Å². The maximum Gasteiger partial charge on any atom is 0.325 e. The van der Waals surface area contributed by atoms with Gasteiger partial charge in [-0.05, 0) is 31.2 Å². The van der Waals surface area contributed by atoms with E-state index in [9.17, 15) is 14.7 Å². The zero-order chi connectivity index (χ0) is 19.5. The summed E-state index contributed by atoms with van der Waals surface area (Å²) >= 11 is 0. The van der Waals surface area contributed by atoms with Crippen molar-refractivity contribution >= 4 is 11.9 Å². The largest absolute Gasteiger partial charge is 0.503 e. The molecule has 2 rings (SSSR count). The van der Waals surface area contributed by atoms with Gasteiger partial charge in [0.2, 0.25) is 0 Å². The Labute approximate surface area is 158 Å². The molecule has 0 saturated heterocycles. The summed E-state index contributed by atoms with van der Waals surface area (Å²) in [5.74, 6) is -1.45. The van der Waals surface area contributed by atoms with Crippen molar-refractivity contribution in [2.75, 3.05) is 20.3 Å². The number of hydrogen-bond acceptors (Lipinski definition) is 6. The molecular formula is C20H24N2O5. The molecule has 1 amide bonds. The summed E-state index contributed by atoms with van der Waals surface area (Å²) in [5.41, 5.74) is 1.09. The fourth-order valence-electron chi connectivity index (χ4n) is 2.49. The number of amides is 1. The molecule has 1 aromatic carbocycles. The molecule has 0 unspecified atom stereocenters. The zero-order valence-electron chi connectivity index (χ0n) is 15.3. The van der Waals surface area contributed by atoms with E-state index in [2.05, 4.69) is 22.4 Å². The summed E-state index contributed by atoms with van der Waals surface area (Å²) in [6.07, 6.45) is 5.09. The van der Waals surface area contributed by atoms with E-state index in [4.69, 9.17) is 9.47 Å². The monoisotopic (exact) mass is 372 g/mol. The second-order valence-corrected chi connectivity index (χ2v) is 5.91. The molecule has 0 aliphatic carbocycles. The standard InChI is InChI=1S/C20H24N2O5/c1-26-16-11-12-21-18(19(16)24)20(25)22-14-17(23)27-13-7-3-6-10-15-8-4-2-5-9-15/h2,4-5,8-9,11-12,24H,3,6-7,10,13-14H2,1H3,(H,22,25). The van der Waals surface area contributed by atoms with Crippen molar-refractivity contribution in [2.45, 2.75) is 25.7 Å². The number of aromatic nitrogens is 1. The van der Waals surface area contributed by atoms with Gasteiger partial charge in [-0.3, -0.25) is 9.59 Å². The Bertz CT molecular complexity index is 749. The van der Waals surface area contributed by atoms with Gasteiger partial charge in [0.15, 0.2) is 17.2 Å². The minimum atomic E-state index is -0.675. The number of pyridine rings is 1. The van der Waals surface area contributed by atoms with Crippen LogP contribution in [0.25, 0.3) is 0 Å². The van der Waals surface area contributed by atoms with E-state index in [0.717, 1.165) is 25.7 Å². The van der Waals surface area contributed by atoms with Crippen LogP contribution < -0.4 is 10.1 Å². The maximum absolute atomic E-state index is 12.0. The van der Waals surface area contributed by atoms with Crippen LogP contribution in [0.5, 0.6) is 11.5 Å². The van der Waals surface area contributed by atoms with Gasteiger partial charge in [0.25, 0.3) is 5.91 Å². The quantitative estimate of drug-likeness (QED) is 0.491. The van der Waals surface area contributed by atoms with Gasteiger partial charge in [-0.15, -0.1) is 0 Å². The first-order valence-electron chi connectivity index (χ1n) is 8.81. The van der Waals surface area contributed by atoms with Crippen molar-refractivity contribution in [3.05, 3.63) is 53.9 Å². The summed E-state index contributed by atoms with van der Waals surface area (Å²) in [6, 6.07) is 11.7. The molecule has 0 aliphatic heterocycles. The van der Waals surface area contributed by atoms with Gasteiger partial charge in [-0.25, -0.2) is 4.98 Å². The third-order valence-corrected chi connectivity index (χ3v) is 3.93. The normalized spacial score (nSPS) is 10.3. The molecular weight excluding hydrogens is 348 g/mol. The first kappa shape index (κ1) is 20.2. The van der Waals surface area contributed by atoms with Crippen molar-refractivity contribution in [3.63, 3.8) is 0 Å². The molecule has 7 heteroatoms. The third-order valence-electron chi connectivity index (χ3n) is 3.93. The molecule has 0 radical (unpaired) electrons. The number of rotatable bonds is 10. The Kier molecular flexibility index (Phi) is 8.09. The second kappa shape index (κ2) is 10.8. The Morgan fingerprint density at radius 2 is 1.89 bits per heavy atom. The summed E-state index contributed by atoms with van der Waals surface area (Å²) in [5, 5.41) is 12.2. The molecule has 0 fully saturated rings. The predicted octanol–water partition coefficient (Wildman–Crippen LogP) is 2.48. The molecule has 2 aromatic rings. The fourth-order valence-corrected chi connectivity index (χ4v) is 2.49. The lowest BCUT2D eigenvalue weighted by Crippen LogP contribution is -2.31. The number of aryl methyl sites for hydroxylation is 1. The Morgan fingerprint density at radius 1 is 1.11 bits per heavy atom. The van der Waals surface area contributed by atoms with Crippen LogP contribution in [0.3, 0.4) is 0 Å². The summed E-state index contributed by atoms with van der Waals surface area (Å²) in [7, 11) is 1.37. The van der Waals surface area contributed by atoms with Crippen LogP contribution in [0.4, 0.5) is 0 Å². The molecule has 27 heavy (non-hydrogen) atoms. The number of unbranched alkanes of at least 4 members (excludes halogenated alkanes) is 2. The number of aromatic hydroxyl groups is 1. The van der Waals surface area contributed by atoms with Gasteiger partial charge in [-0.1, -0.05) is 30.3 Å². The molecule has 0 saturated carbocycles. The van der Waals surface area contributed by atoms with Crippen molar-refractivity contribution in [1.29, 1.82) is 0 Å². The average Bonchev–Trinajstić information content (AvgIpc) is 2.69. The van der Waals surface area contributed by atoms with Crippen LogP contribution in [0, 0.1) is 0 Å². The number of carbonyl (C=O) groups is 2. The topological polar surface area (TPSA) is 97.8 Å². The van der Waals surface area contributed by atoms with Gasteiger partial charge in [-0.2, -0.15) is 0 Å². The van der Waals surface area contributed by atoms with Crippen LogP contribution in [0.15, 0.2) is 42.6 Å². The van der Waals surface area contributed by atoms with Crippen molar-refractivity contribution in [3.8, 4) is 11.5 Å². The molecule has 1 heterocycles. The van der Waals surface area contributed by atoms with Gasteiger partial charge < -0.3 is 19.9 Å². The predicted molar refractivity (Wildman–Crippen MR) is 99.7 cm³/mol. The smallest absolute Gasteiger partial charge is 0.325 e. The van der Waals surface area contributed by atoms with Crippen molar-refractivity contribution in [2.24, 2.45) is 0 Å².